The second kappa shape index (κ2) is 15.7. The molecule has 1 aromatic heterocycles. The number of amides is 2. The van der Waals surface area contributed by atoms with E-state index in [2.05, 4.69) is 26.5 Å². The number of halogens is 2. The molecular weight excluding hydrogens is 706 g/mol. The van der Waals surface area contributed by atoms with Crippen molar-refractivity contribution in [2.45, 2.75) is 51.0 Å². The summed E-state index contributed by atoms with van der Waals surface area (Å²) in [5, 5.41) is 23.5. The number of anilines is 1. The highest BCUT2D eigenvalue weighted by Crippen LogP contribution is 2.61. The first-order valence-corrected chi connectivity index (χ1v) is 19.0. The molecule has 0 bridgehead atoms. The minimum Gasteiger partial charge on any atom is -0.492 e. The molecule has 0 radical (unpaired) electrons. The highest BCUT2D eigenvalue weighted by Gasteiger charge is 2.55. The number of pyridine rings is 1. The number of rotatable bonds is 11. The van der Waals surface area contributed by atoms with Crippen LogP contribution in [0.1, 0.15) is 61.4 Å². The van der Waals surface area contributed by atoms with Crippen LogP contribution in [0.25, 0.3) is 5.57 Å². The summed E-state index contributed by atoms with van der Waals surface area (Å²) in [5.41, 5.74) is 1.13. The first kappa shape index (κ1) is 37.9. The van der Waals surface area contributed by atoms with Gasteiger partial charge in [0.25, 0.3) is 5.91 Å². The fraction of sp³-hybridized carbons (Fsp3) is 0.463. The van der Waals surface area contributed by atoms with Crippen LogP contribution in [-0.2, 0) is 14.3 Å². The monoisotopic (exact) mass is 752 g/mol. The number of carbonyl (C=O) groups is 3. The molecule has 5 aliphatic rings. The van der Waals surface area contributed by atoms with Crippen molar-refractivity contribution in [1.29, 1.82) is 10.7 Å². The average molecular weight is 753 g/mol. The predicted molar refractivity (Wildman–Crippen MR) is 201 cm³/mol. The Kier molecular flexibility index (Phi) is 10.8. The van der Waals surface area contributed by atoms with Crippen LogP contribution < -0.4 is 15.5 Å². The highest BCUT2D eigenvalue weighted by atomic mass is 19.1. The van der Waals surface area contributed by atoms with Gasteiger partial charge in [-0.2, -0.15) is 5.26 Å². The van der Waals surface area contributed by atoms with Crippen molar-refractivity contribution in [3.05, 3.63) is 88.6 Å². The maximum absolute atomic E-state index is 14.8. The van der Waals surface area contributed by atoms with Crippen LogP contribution in [0.2, 0.25) is 0 Å². The Balaban J connectivity index is 1.03. The van der Waals surface area contributed by atoms with Gasteiger partial charge >= 0.3 is 0 Å². The predicted octanol–water partition coefficient (Wildman–Crippen LogP) is 4.57. The molecule has 2 aliphatic carbocycles. The molecular formula is C41H46F2N8O4. The van der Waals surface area contributed by atoms with Gasteiger partial charge in [0.15, 0.2) is 0 Å². The summed E-state index contributed by atoms with van der Waals surface area (Å²) >= 11 is 0. The SMILES string of the molecule is CCOC1=CN/C(=C(/C#N)C=N)C(c2ccc(N3CCC(CN4CCN(C(=O)C5CC6(CC(C=O)C6)C5)CC4)(NC(=O)c4cc(F)ccc4F)CC3)nc2)=C1. The number of aromatic nitrogens is 1. The number of benzene rings is 1. The fourth-order valence-corrected chi connectivity index (χ4v) is 8.99. The van der Waals surface area contributed by atoms with E-state index < -0.39 is 23.1 Å². The molecule has 0 atom stereocenters. The quantitative estimate of drug-likeness (QED) is 0.170. The molecule has 3 N–H and O–H groups in total. The first-order chi connectivity index (χ1) is 26.6. The van der Waals surface area contributed by atoms with Crippen molar-refractivity contribution in [2.24, 2.45) is 17.3 Å². The van der Waals surface area contributed by atoms with E-state index in [9.17, 15) is 28.4 Å². The number of dihydropyridines is 1. The van der Waals surface area contributed by atoms with E-state index in [1.807, 2.05) is 30.0 Å². The molecule has 4 fully saturated rings. The summed E-state index contributed by atoms with van der Waals surface area (Å²) in [5.74, 6) is -0.504. The molecule has 12 nitrogen and oxygen atoms in total. The lowest BCUT2D eigenvalue weighted by Crippen LogP contribution is -2.63. The van der Waals surface area contributed by atoms with E-state index >= 15 is 0 Å². The Morgan fingerprint density at radius 2 is 1.84 bits per heavy atom. The van der Waals surface area contributed by atoms with Crippen molar-refractivity contribution in [3.8, 4) is 6.07 Å². The van der Waals surface area contributed by atoms with E-state index in [0.717, 1.165) is 67.8 Å². The molecule has 1 spiro atoms. The molecule has 2 saturated carbocycles. The number of hydrogen-bond donors (Lipinski definition) is 3. The van der Waals surface area contributed by atoms with Crippen LogP contribution in [0.5, 0.6) is 0 Å². The van der Waals surface area contributed by atoms with Gasteiger partial charge in [0.05, 0.1) is 29.0 Å². The third-order valence-corrected chi connectivity index (χ3v) is 11.9. The van der Waals surface area contributed by atoms with Gasteiger partial charge in [-0.05, 0) is 87.3 Å². The Morgan fingerprint density at radius 1 is 1.09 bits per heavy atom. The molecule has 2 aromatic rings. The second-order valence-electron chi connectivity index (χ2n) is 15.5. The van der Waals surface area contributed by atoms with E-state index in [4.69, 9.17) is 15.1 Å². The minimum atomic E-state index is -0.795. The zero-order valence-electron chi connectivity index (χ0n) is 31.0. The lowest BCUT2D eigenvalue weighted by atomic mass is 9.48. The van der Waals surface area contributed by atoms with Crippen molar-refractivity contribution in [3.63, 3.8) is 0 Å². The smallest absolute Gasteiger partial charge is 0.254 e. The average Bonchev–Trinajstić information content (AvgIpc) is 3.16. The Hall–Kier alpha value is -5.42. The standard InChI is InChI=1S/C41H46F2N8O4/c1-2-55-32-16-33(37(47-24-32)30(21-44)22-45)28-3-6-36(46-23-28)50-9-7-41(8-10-50,48-38(53)34-15-31(42)4-5-35(34)43)26-49-11-13-51(14-12-49)39(54)29-19-40(20-29)17-27(18-40)25-52/h3-6,15-16,21,23-25,27,29,44,47H,2,7-14,17-20,26H2,1H3,(H,48,53)/b37-30+,44-21?. The van der Waals surface area contributed by atoms with Gasteiger partial charge < -0.3 is 35.4 Å². The van der Waals surface area contributed by atoms with Crippen molar-refractivity contribution >= 4 is 35.7 Å². The van der Waals surface area contributed by atoms with Gasteiger partial charge in [0.2, 0.25) is 5.91 Å². The van der Waals surface area contributed by atoms with Crippen molar-refractivity contribution in [1.82, 2.24) is 25.4 Å². The second-order valence-corrected chi connectivity index (χ2v) is 15.5. The molecule has 1 aromatic carbocycles. The number of ether oxygens (including phenoxy) is 1. The molecule has 14 heteroatoms. The normalized spacial score (nSPS) is 25.6. The summed E-state index contributed by atoms with van der Waals surface area (Å²) in [7, 11) is 0. The van der Waals surface area contributed by atoms with Crippen LogP contribution in [0.3, 0.4) is 0 Å². The fourth-order valence-electron chi connectivity index (χ4n) is 8.99. The summed E-state index contributed by atoms with van der Waals surface area (Å²) in [6.45, 7) is 6.29. The maximum atomic E-state index is 14.8. The van der Waals surface area contributed by atoms with Gasteiger partial charge in [0.1, 0.15) is 35.6 Å². The minimum absolute atomic E-state index is 0.0219. The van der Waals surface area contributed by atoms with Gasteiger partial charge in [-0.15, -0.1) is 0 Å². The van der Waals surface area contributed by atoms with Gasteiger partial charge in [-0.1, -0.05) is 0 Å². The molecule has 2 saturated heterocycles. The van der Waals surface area contributed by atoms with E-state index in [0.29, 0.717) is 82.3 Å². The summed E-state index contributed by atoms with van der Waals surface area (Å²) in [6.07, 6.45) is 11.8. The number of nitrogens with zero attached hydrogens (tertiary/aromatic N) is 5. The summed E-state index contributed by atoms with van der Waals surface area (Å²) < 4.78 is 34.5. The lowest BCUT2D eigenvalue weighted by Gasteiger charge is -2.57. The number of piperidine rings is 1. The topological polar surface area (TPSA) is 155 Å². The molecule has 288 valence electrons. The van der Waals surface area contributed by atoms with Crippen LogP contribution in [0.4, 0.5) is 14.6 Å². The third kappa shape index (κ3) is 7.89. The van der Waals surface area contributed by atoms with Crippen LogP contribution in [0, 0.1) is 45.6 Å². The zero-order valence-corrected chi connectivity index (χ0v) is 31.0. The lowest BCUT2D eigenvalue weighted by molar-refractivity contribution is -0.154. The van der Waals surface area contributed by atoms with Gasteiger partial charge in [-0.25, -0.2) is 13.8 Å². The Morgan fingerprint density at radius 3 is 2.47 bits per heavy atom. The van der Waals surface area contributed by atoms with E-state index in [1.54, 1.807) is 12.4 Å². The van der Waals surface area contributed by atoms with Crippen LogP contribution in [0.15, 0.2) is 65.8 Å². The largest absolute Gasteiger partial charge is 0.492 e. The zero-order chi connectivity index (χ0) is 38.7. The van der Waals surface area contributed by atoms with Crippen LogP contribution >= 0.6 is 0 Å². The van der Waals surface area contributed by atoms with Crippen molar-refractivity contribution < 1.29 is 27.9 Å². The van der Waals surface area contributed by atoms with Crippen LogP contribution in [-0.4, -0.2) is 97.1 Å². The highest BCUT2D eigenvalue weighted by molar-refractivity contribution is 5.95. The number of nitriles is 1. The van der Waals surface area contributed by atoms with E-state index in [1.165, 1.54) is 0 Å². The number of aldehydes is 1. The number of piperazine rings is 1. The van der Waals surface area contributed by atoms with Gasteiger partial charge in [-0.3, -0.25) is 14.5 Å². The Bertz CT molecular complexity index is 1960. The maximum Gasteiger partial charge on any atom is 0.254 e. The number of allylic oxidation sites excluding steroid dienone is 3. The first-order valence-electron chi connectivity index (χ1n) is 19.0. The molecule has 2 amide bonds. The summed E-state index contributed by atoms with van der Waals surface area (Å²) in [4.78, 5) is 49.0. The van der Waals surface area contributed by atoms with E-state index in [-0.39, 0.29) is 34.3 Å². The van der Waals surface area contributed by atoms with Gasteiger partial charge in [0, 0.05) is 87.4 Å². The number of carbonyl (C=O) groups excluding carboxylic acids is 3. The molecule has 0 unspecified atom stereocenters. The molecule has 3 aliphatic heterocycles. The molecule has 7 rings (SSSR count). The molecule has 55 heavy (non-hydrogen) atoms. The van der Waals surface area contributed by atoms with Crippen molar-refractivity contribution in [2.75, 3.05) is 57.3 Å². The third-order valence-electron chi connectivity index (χ3n) is 11.9. The number of nitrogens with one attached hydrogen (secondary N) is 3. The molecule has 4 heterocycles. The number of hydrogen-bond acceptors (Lipinski definition) is 10. The summed E-state index contributed by atoms with van der Waals surface area (Å²) in [6, 6.07) is 8.71. The Labute approximate surface area is 319 Å².